The molecule has 2 rings (SSSR count). The first kappa shape index (κ1) is 14.4. The molecule has 106 valence electrons. The van der Waals surface area contributed by atoms with Crippen molar-refractivity contribution in [1.82, 2.24) is 0 Å². The smallest absolute Gasteiger partial charge is 0.118 e. The number of hydrogen-bond acceptors (Lipinski definition) is 3. The molecule has 0 aliphatic heterocycles. The van der Waals surface area contributed by atoms with Gasteiger partial charge in [-0.05, 0) is 49.3 Å². The van der Waals surface area contributed by atoms with Crippen LogP contribution in [0.1, 0.15) is 38.2 Å². The fourth-order valence-corrected chi connectivity index (χ4v) is 2.65. The summed E-state index contributed by atoms with van der Waals surface area (Å²) in [5.41, 5.74) is 7.02. The van der Waals surface area contributed by atoms with Crippen molar-refractivity contribution in [2.45, 2.75) is 44.8 Å². The standard InChI is InChI=1S/C16H25NO2/c1-13-7-9-16(12-17,10-8-13)19-11-14-3-5-15(18-2)6-4-14/h3-6,13H,7-12,17H2,1-2H3. The summed E-state index contributed by atoms with van der Waals surface area (Å²) >= 11 is 0. The summed E-state index contributed by atoms with van der Waals surface area (Å²) in [5, 5.41) is 0. The Morgan fingerprint density at radius 1 is 1.21 bits per heavy atom. The van der Waals surface area contributed by atoms with E-state index in [2.05, 4.69) is 19.1 Å². The Bertz CT molecular complexity index is 380. The molecule has 0 radical (unpaired) electrons. The molecule has 1 aromatic carbocycles. The van der Waals surface area contributed by atoms with Gasteiger partial charge in [0.1, 0.15) is 5.75 Å². The normalized spacial score (nSPS) is 27.2. The molecule has 0 amide bonds. The second kappa shape index (κ2) is 6.40. The maximum atomic E-state index is 6.16. The zero-order valence-electron chi connectivity index (χ0n) is 12.0. The van der Waals surface area contributed by atoms with Gasteiger partial charge in [-0.3, -0.25) is 0 Å². The van der Waals surface area contributed by atoms with E-state index in [1.165, 1.54) is 18.4 Å². The van der Waals surface area contributed by atoms with Crippen molar-refractivity contribution in [3.63, 3.8) is 0 Å². The van der Waals surface area contributed by atoms with Crippen molar-refractivity contribution in [3.8, 4) is 5.75 Å². The molecule has 3 nitrogen and oxygen atoms in total. The Labute approximate surface area is 116 Å². The second-order valence-electron chi connectivity index (χ2n) is 5.71. The maximum Gasteiger partial charge on any atom is 0.118 e. The highest BCUT2D eigenvalue weighted by molar-refractivity contribution is 5.26. The van der Waals surface area contributed by atoms with Gasteiger partial charge in [-0.1, -0.05) is 19.1 Å². The Kier molecular flexibility index (Phi) is 4.83. The van der Waals surface area contributed by atoms with Crippen LogP contribution in [0.2, 0.25) is 0 Å². The minimum absolute atomic E-state index is 0.105. The number of rotatable bonds is 5. The molecule has 1 fully saturated rings. The molecule has 0 aromatic heterocycles. The summed E-state index contributed by atoms with van der Waals surface area (Å²) in [6.45, 7) is 3.56. The Morgan fingerprint density at radius 2 is 1.84 bits per heavy atom. The maximum absolute atomic E-state index is 6.16. The highest BCUT2D eigenvalue weighted by Crippen LogP contribution is 2.34. The topological polar surface area (TPSA) is 44.5 Å². The molecule has 0 atom stereocenters. The lowest BCUT2D eigenvalue weighted by atomic mass is 9.79. The lowest BCUT2D eigenvalue weighted by molar-refractivity contribution is -0.0799. The molecule has 1 aromatic rings. The van der Waals surface area contributed by atoms with Crippen LogP contribution in [0.4, 0.5) is 0 Å². The molecule has 19 heavy (non-hydrogen) atoms. The van der Waals surface area contributed by atoms with E-state index in [0.29, 0.717) is 13.2 Å². The van der Waals surface area contributed by atoms with Crippen molar-refractivity contribution >= 4 is 0 Å². The number of hydrogen-bond donors (Lipinski definition) is 1. The second-order valence-corrected chi connectivity index (χ2v) is 5.71. The molecule has 2 N–H and O–H groups in total. The lowest BCUT2D eigenvalue weighted by Crippen LogP contribution is -2.43. The minimum atomic E-state index is -0.105. The van der Waals surface area contributed by atoms with Gasteiger partial charge in [-0.25, -0.2) is 0 Å². The van der Waals surface area contributed by atoms with Gasteiger partial charge in [0, 0.05) is 6.54 Å². The SMILES string of the molecule is COc1ccc(COC2(CN)CCC(C)CC2)cc1. The predicted molar refractivity (Wildman–Crippen MR) is 77.2 cm³/mol. The lowest BCUT2D eigenvalue weighted by Gasteiger charge is -2.38. The first-order valence-electron chi connectivity index (χ1n) is 7.14. The van der Waals surface area contributed by atoms with E-state index in [1.807, 2.05) is 12.1 Å². The van der Waals surface area contributed by atoms with Crippen LogP contribution >= 0.6 is 0 Å². The van der Waals surface area contributed by atoms with Crippen LogP contribution in [-0.2, 0) is 11.3 Å². The highest BCUT2D eigenvalue weighted by Gasteiger charge is 2.33. The van der Waals surface area contributed by atoms with Gasteiger partial charge >= 0.3 is 0 Å². The highest BCUT2D eigenvalue weighted by atomic mass is 16.5. The van der Waals surface area contributed by atoms with Gasteiger partial charge in [0.15, 0.2) is 0 Å². The Hall–Kier alpha value is -1.06. The summed E-state index contributed by atoms with van der Waals surface area (Å²) in [6, 6.07) is 8.04. The molecule has 3 heteroatoms. The van der Waals surface area contributed by atoms with E-state index in [0.717, 1.165) is 24.5 Å². The van der Waals surface area contributed by atoms with E-state index in [-0.39, 0.29) is 5.60 Å². The molecule has 0 bridgehead atoms. The fourth-order valence-electron chi connectivity index (χ4n) is 2.65. The Balaban J connectivity index is 1.91. The van der Waals surface area contributed by atoms with Crippen LogP contribution < -0.4 is 10.5 Å². The number of methoxy groups -OCH3 is 1. The van der Waals surface area contributed by atoms with Crippen LogP contribution in [0.25, 0.3) is 0 Å². The average molecular weight is 263 g/mol. The molecular weight excluding hydrogens is 238 g/mol. The van der Waals surface area contributed by atoms with Crippen molar-refractivity contribution in [2.24, 2.45) is 11.7 Å². The third kappa shape index (κ3) is 3.71. The van der Waals surface area contributed by atoms with Crippen LogP contribution in [-0.4, -0.2) is 19.3 Å². The number of ether oxygens (including phenoxy) is 2. The van der Waals surface area contributed by atoms with Crippen molar-refractivity contribution in [1.29, 1.82) is 0 Å². The molecule has 0 spiro atoms. The van der Waals surface area contributed by atoms with Gasteiger partial charge in [-0.15, -0.1) is 0 Å². The van der Waals surface area contributed by atoms with Crippen molar-refractivity contribution in [3.05, 3.63) is 29.8 Å². The first-order chi connectivity index (χ1) is 9.17. The molecule has 1 saturated carbocycles. The molecular formula is C16H25NO2. The fraction of sp³-hybridized carbons (Fsp3) is 0.625. The average Bonchev–Trinajstić information content (AvgIpc) is 2.48. The van der Waals surface area contributed by atoms with E-state index in [9.17, 15) is 0 Å². The van der Waals surface area contributed by atoms with Crippen molar-refractivity contribution in [2.75, 3.05) is 13.7 Å². The molecule has 1 aliphatic carbocycles. The van der Waals surface area contributed by atoms with E-state index in [4.69, 9.17) is 15.2 Å². The summed E-state index contributed by atoms with van der Waals surface area (Å²) in [5.74, 6) is 1.69. The number of nitrogens with two attached hydrogens (primary N) is 1. The monoisotopic (exact) mass is 263 g/mol. The van der Waals surface area contributed by atoms with Gasteiger partial charge in [-0.2, -0.15) is 0 Å². The first-order valence-corrected chi connectivity index (χ1v) is 7.14. The third-order valence-corrected chi connectivity index (χ3v) is 4.26. The molecule has 0 unspecified atom stereocenters. The summed E-state index contributed by atoms with van der Waals surface area (Å²) in [4.78, 5) is 0. The van der Waals surface area contributed by atoms with Crippen LogP contribution in [0.5, 0.6) is 5.75 Å². The van der Waals surface area contributed by atoms with Crippen molar-refractivity contribution < 1.29 is 9.47 Å². The molecule has 0 saturated heterocycles. The summed E-state index contributed by atoms with van der Waals surface area (Å²) < 4.78 is 11.3. The van der Waals surface area contributed by atoms with Crippen LogP contribution in [0, 0.1) is 5.92 Å². The molecule has 0 heterocycles. The largest absolute Gasteiger partial charge is 0.497 e. The predicted octanol–water partition coefficient (Wildman–Crippen LogP) is 3.12. The third-order valence-electron chi connectivity index (χ3n) is 4.26. The van der Waals surface area contributed by atoms with Gasteiger partial charge in [0.05, 0.1) is 19.3 Å². The van der Waals surface area contributed by atoms with E-state index < -0.39 is 0 Å². The van der Waals surface area contributed by atoms with Crippen LogP contribution in [0.15, 0.2) is 24.3 Å². The zero-order valence-corrected chi connectivity index (χ0v) is 12.0. The minimum Gasteiger partial charge on any atom is -0.497 e. The van der Waals surface area contributed by atoms with Gasteiger partial charge < -0.3 is 15.2 Å². The Morgan fingerprint density at radius 3 is 2.37 bits per heavy atom. The van der Waals surface area contributed by atoms with Crippen LogP contribution in [0.3, 0.4) is 0 Å². The van der Waals surface area contributed by atoms with Gasteiger partial charge in [0.25, 0.3) is 0 Å². The summed E-state index contributed by atoms with van der Waals surface area (Å²) in [6.07, 6.45) is 4.61. The summed E-state index contributed by atoms with van der Waals surface area (Å²) in [7, 11) is 1.68. The zero-order chi connectivity index (χ0) is 13.7. The number of benzene rings is 1. The molecule has 1 aliphatic rings. The van der Waals surface area contributed by atoms with Gasteiger partial charge in [0.2, 0.25) is 0 Å². The quantitative estimate of drug-likeness (QED) is 0.887. The van der Waals surface area contributed by atoms with E-state index in [1.54, 1.807) is 7.11 Å². The van der Waals surface area contributed by atoms with E-state index >= 15 is 0 Å².